The lowest BCUT2D eigenvalue weighted by Gasteiger charge is -2.32. The Morgan fingerprint density at radius 1 is 1.04 bits per heavy atom. The van der Waals surface area contributed by atoms with Gasteiger partial charge in [0.05, 0.1) is 16.7 Å². The van der Waals surface area contributed by atoms with Crippen molar-refractivity contribution in [3.05, 3.63) is 35.9 Å². The lowest BCUT2D eigenvalue weighted by molar-refractivity contribution is 0.441. The third-order valence-corrected chi connectivity index (χ3v) is 8.21. The van der Waals surface area contributed by atoms with E-state index in [4.69, 9.17) is 4.98 Å². The topological polar surface area (TPSA) is 92.2 Å². The zero-order valence-electron chi connectivity index (χ0n) is 15.9. The average molecular weight is 401 g/mol. The molecule has 28 heavy (non-hydrogen) atoms. The van der Waals surface area contributed by atoms with Crippen molar-refractivity contribution >= 4 is 21.7 Å². The van der Waals surface area contributed by atoms with Gasteiger partial charge in [-0.3, -0.25) is 0 Å². The molecular formula is C19H24N6O2S. The highest BCUT2D eigenvalue weighted by molar-refractivity contribution is 7.91. The molecule has 0 spiro atoms. The van der Waals surface area contributed by atoms with Gasteiger partial charge in [-0.05, 0) is 24.8 Å². The van der Waals surface area contributed by atoms with Crippen LogP contribution in [0.5, 0.6) is 0 Å². The monoisotopic (exact) mass is 400 g/mol. The number of anilines is 2. The highest BCUT2D eigenvalue weighted by Crippen LogP contribution is 2.40. The molecule has 3 aliphatic rings. The molecule has 2 aromatic rings. The van der Waals surface area contributed by atoms with Gasteiger partial charge in [0.2, 0.25) is 11.9 Å². The second kappa shape index (κ2) is 6.65. The van der Waals surface area contributed by atoms with Gasteiger partial charge < -0.3 is 9.80 Å². The zero-order valence-corrected chi connectivity index (χ0v) is 16.7. The Labute approximate surface area is 165 Å². The van der Waals surface area contributed by atoms with Gasteiger partial charge in [-0.1, -0.05) is 6.92 Å². The first kappa shape index (κ1) is 17.8. The molecule has 0 radical (unpaired) electrons. The first-order valence-electron chi connectivity index (χ1n) is 9.85. The Morgan fingerprint density at radius 3 is 2.64 bits per heavy atom. The van der Waals surface area contributed by atoms with Crippen LogP contribution in [0.3, 0.4) is 0 Å². The summed E-state index contributed by atoms with van der Waals surface area (Å²) in [6, 6.07) is 1.76. The van der Waals surface area contributed by atoms with Crippen molar-refractivity contribution in [3.63, 3.8) is 0 Å². The van der Waals surface area contributed by atoms with E-state index in [0.717, 1.165) is 36.7 Å². The molecule has 3 aliphatic heterocycles. The number of nitrogens with zero attached hydrogens (tertiary/aromatic N) is 6. The van der Waals surface area contributed by atoms with Crippen LogP contribution < -0.4 is 9.80 Å². The minimum absolute atomic E-state index is 0.0175. The lowest BCUT2D eigenvalue weighted by atomic mass is 9.99. The van der Waals surface area contributed by atoms with E-state index in [0.29, 0.717) is 25.0 Å². The van der Waals surface area contributed by atoms with Crippen molar-refractivity contribution in [2.24, 2.45) is 5.92 Å². The molecule has 5 rings (SSSR count). The van der Waals surface area contributed by atoms with Gasteiger partial charge in [-0.15, -0.1) is 0 Å². The van der Waals surface area contributed by atoms with Gasteiger partial charge in [0.1, 0.15) is 0 Å². The summed E-state index contributed by atoms with van der Waals surface area (Å²) < 4.78 is 25.8. The van der Waals surface area contributed by atoms with Gasteiger partial charge in [0, 0.05) is 56.3 Å². The molecule has 148 valence electrons. The minimum atomic E-state index is -3.25. The Kier molecular flexibility index (Phi) is 4.22. The number of rotatable bonds is 2. The maximum absolute atomic E-state index is 12.9. The normalized spacial score (nSPS) is 28.7. The second-order valence-corrected chi connectivity index (χ2v) is 10.4. The Hall–Kier alpha value is -2.29. The summed E-state index contributed by atoms with van der Waals surface area (Å²) in [5.74, 6) is 1.79. The molecule has 0 N–H and O–H groups in total. The van der Waals surface area contributed by atoms with E-state index in [2.05, 4.69) is 26.8 Å². The zero-order chi connectivity index (χ0) is 19.3. The molecule has 3 atom stereocenters. The fourth-order valence-corrected chi connectivity index (χ4v) is 6.70. The molecule has 0 bridgehead atoms. The summed E-state index contributed by atoms with van der Waals surface area (Å²) in [6.07, 6.45) is 7.47. The van der Waals surface area contributed by atoms with E-state index in [1.807, 2.05) is 4.90 Å². The summed E-state index contributed by atoms with van der Waals surface area (Å²) in [7, 11) is -3.25. The van der Waals surface area contributed by atoms with Crippen molar-refractivity contribution < 1.29 is 8.42 Å². The second-order valence-electron chi connectivity index (χ2n) is 8.18. The number of fused-ring (bicyclic) bond motifs is 3. The Balaban J connectivity index is 1.50. The van der Waals surface area contributed by atoms with E-state index in [9.17, 15) is 8.42 Å². The summed E-state index contributed by atoms with van der Waals surface area (Å²) in [4.78, 5) is 22.2. The smallest absolute Gasteiger partial charge is 0.225 e. The Morgan fingerprint density at radius 2 is 1.86 bits per heavy atom. The van der Waals surface area contributed by atoms with Crippen LogP contribution in [0.4, 0.5) is 11.9 Å². The van der Waals surface area contributed by atoms with Crippen LogP contribution in [-0.2, 0) is 15.6 Å². The number of piperidine rings is 1. The van der Waals surface area contributed by atoms with Crippen molar-refractivity contribution in [2.45, 2.75) is 36.7 Å². The molecule has 2 fully saturated rings. The van der Waals surface area contributed by atoms with Gasteiger partial charge >= 0.3 is 0 Å². The molecule has 2 aromatic heterocycles. The molecule has 0 aromatic carbocycles. The third-order valence-electron chi connectivity index (χ3n) is 6.10. The van der Waals surface area contributed by atoms with Gasteiger partial charge in [-0.25, -0.2) is 28.4 Å². The van der Waals surface area contributed by atoms with Crippen molar-refractivity contribution in [3.8, 4) is 0 Å². The highest BCUT2D eigenvalue weighted by atomic mass is 32.2. The van der Waals surface area contributed by atoms with Crippen molar-refractivity contribution in [2.75, 3.05) is 36.0 Å². The average Bonchev–Trinajstić information content (AvgIpc) is 3.15. The predicted octanol–water partition coefficient (Wildman–Crippen LogP) is 1.40. The summed E-state index contributed by atoms with van der Waals surface area (Å²) in [6.45, 7) is 5.14. The van der Waals surface area contributed by atoms with E-state index in [1.54, 1.807) is 24.7 Å². The van der Waals surface area contributed by atoms with Gasteiger partial charge in [0.15, 0.2) is 9.84 Å². The van der Waals surface area contributed by atoms with Crippen LogP contribution in [-0.4, -0.2) is 59.8 Å². The van der Waals surface area contributed by atoms with Crippen LogP contribution in [0.1, 0.15) is 36.9 Å². The molecule has 8 nitrogen and oxygen atoms in total. The van der Waals surface area contributed by atoms with Gasteiger partial charge in [0.25, 0.3) is 0 Å². The standard InChI is InChI=1S/C19H24N6O2S/c1-13-4-2-7-24(9-13)19-22-8-14-12-28(26,27)16-11-25(10-15(16)17(14)23-19)18-20-5-3-6-21-18/h3,5-6,8,13,15-16H,2,4,7,9-12H2,1H3/t13-,15-,16+/m0/s1. The van der Waals surface area contributed by atoms with Crippen LogP contribution in [0.2, 0.25) is 0 Å². The first-order valence-corrected chi connectivity index (χ1v) is 11.6. The summed E-state index contributed by atoms with van der Waals surface area (Å²) >= 11 is 0. The van der Waals surface area contributed by atoms with E-state index < -0.39 is 15.1 Å². The minimum Gasteiger partial charge on any atom is -0.341 e. The van der Waals surface area contributed by atoms with Gasteiger partial charge in [-0.2, -0.15) is 0 Å². The number of hydrogen-bond acceptors (Lipinski definition) is 8. The summed E-state index contributed by atoms with van der Waals surface area (Å²) in [5, 5.41) is -0.466. The Bertz CT molecular complexity index is 983. The SMILES string of the molecule is C[C@H]1CCCN(c2ncc3c(n2)[C@H]2CN(c4ncccn4)C[C@H]2S(=O)(=O)C3)C1. The molecule has 0 saturated carbocycles. The number of sulfone groups is 1. The van der Waals surface area contributed by atoms with Crippen LogP contribution >= 0.6 is 0 Å². The van der Waals surface area contributed by atoms with Crippen molar-refractivity contribution in [1.82, 2.24) is 19.9 Å². The molecule has 2 saturated heterocycles. The van der Waals surface area contributed by atoms with Crippen LogP contribution in [0, 0.1) is 5.92 Å². The molecule has 5 heterocycles. The van der Waals surface area contributed by atoms with Crippen LogP contribution in [0.25, 0.3) is 0 Å². The molecular weight excluding hydrogens is 376 g/mol. The third kappa shape index (κ3) is 3.01. The fourth-order valence-electron chi connectivity index (χ4n) is 4.71. The molecule has 0 unspecified atom stereocenters. The first-order chi connectivity index (χ1) is 13.5. The maximum atomic E-state index is 12.9. The van der Waals surface area contributed by atoms with Crippen LogP contribution in [0.15, 0.2) is 24.7 Å². The molecule has 0 aliphatic carbocycles. The maximum Gasteiger partial charge on any atom is 0.225 e. The molecule has 0 amide bonds. The number of hydrogen-bond donors (Lipinski definition) is 0. The van der Waals surface area contributed by atoms with E-state index in [-0.39, 0.29) is 11.7 Å². The lowest BCUT2D eigenvalue weighted by Crippen LogP contribution is -2.38. The fraction of sp³-hybridized carbons (Fsp3) is 0.579. The molecule has 9 heteroatoms. The summed E-state index contributed by atoms with van der Waals surface area (Å²) in [5.41, 5.74) is 1.63. The van der Waals surface area contributed by atoms with Crippen molar-refractivity contribution in [1.29, 1.82) is 0 Å². The predicted molar refractivity (Wildman–Crippen MR) is 106 cm³/mol. The quantitative estimate of drug-likeness (QED) is 0.747. The van der Waals surface area contributed by atoms with E-state index in [1.165, 1.54) is 6.42 Å². The number of aromatic nitrogens is 4. The van der Waals surface area contributed by atoms with E-state index >= 15 is 0 Å². The highest BCUT2D eigenvalue weighted by Gasteiger charge is 2.48. The largest absolute Gasteiger partial charge is 0.341 e.